The van der Waals surface area contributed by atoms with Gasteiger partial charge in [-0.2, -0.15) is 0 Å². The molecular formula is C17H26O2. The molecule has 0 amide bonds. The first-order valence-electron chi connectivity index (χ1n) is 7.23. The fourth-order valence-corrected chi connectivity index (χ4v) is 3.52. The van der Waals surface area contributed by atoms with Crippen molar-refractivity contribution in [2.24, 2.45) is 11.3 Å². The SMILES string of the molecule is CC(C)Oc1ccccc1C1(O)CC(C)(C)CC1C. The van der Waals surface area contributed by atoms with Gasteiger partial charge < -0.3 is 9.84 Å². The van der Waals surface area contributed by atoms with E-state index in [1.807, 2.05) is 38.1 Å². The molecule has 0 aromatic heterocycles. The molecule has 0 bridgehead atoms. The van der Waals surface area contributed by atoms with Crippen molar-refractivity contribution in [2.75, 3.05) is 0 Å². The molecule has 2 rings (SSSR count). The zero-order valence-electron chi connectivity index (χ0n) is 12.7. The molecule has 1 fully saturated rings. The monoisotopic (exact) mass is 262 g/mol. The van der Waals surface area contributed by atoms with E-state index >= 15 is 0 Å². The topological polar surface area (TPSA) is 29.5 Å². The molecule has 1 aromatic carbocycles. The highest BCUT2D eigenvalue weighted by molar-refractivity contribution is 5.39. The van der Waals surface area contributed by atoms with E-state index in [9.17, 15) is 5.11 Å². The Morgan fingerprint density at radius 2 is 1.89 bits per heavy atom. The van der Waals surface area contributed by atoms with Crippen LogP contribution in [-0.4, -0.2) is 11.2 Å². The molecule has 1 N–H and O–H groups in total. The van der Waals surface area contributed by atoms with Crippen molar-refractivity contribution >= 4 is 0 Å². The van der Waals surface area contributed by atoms with E-state index in [4.69, 9.17) is 4.74 Å². The van der Waals surface area contributed by atoms with Gasteiger partial charge in [0.15, 0.2) is 0 Å². The van der Waals surface area contributed by atoms with Crippen LogP contribution in [0, 0.1) is 11.3 Å². The van der Waals surface area contributed by atoms with E-state index < -0.39 is 5.60 Å². The van der Waals surface area contributed by atoms with Gasteiger partial charge in [0.1, 0.15) is 5.75 Å². The molecule has 2 nitrogen and oxygen atoms in total. The summed E-state index contributed by atoms with van der Waals surface area (Å²) in [6.07, 6.45) is 1.95. The first-order valence-corrected chi connectivity index (χ1v) is 7.23. The number of rotatable bonds is 3. The quantitative estimate of drug-likeness (QED) is 0.888. The molecule has 0 aliphatic heterocycles. The van der Waals surface area contributed by atoms with Crippen molar-refractivity contribution in [1.29, 1.82) is 0 Å². The fraction of sp³-hybridized carbons (Fsp3) is 0.647. The van der Waals surface area contributed by atoms with Gasteiger partial charge in [-0.1, -0.05) is 39.0 Å². The van der Waals surface area contributed by atoms with Crippen LogP contribution in [0.5, 0.6) is 5.75 Å². The summed E-state index contributed by atoms with van der Waals surface area (Å²) in [5.74, 6) is 1.07. The molecule has 0 heterocycles. The zero-order valence-corrected chi connectivity index (χ0v) is 12.7. The van der Waals surface area contributed by atoms with Crippen LogP contribution in [-0.2, 0) is 5.60 Å². The second-order valence-corrected chi connectivity index (χ2v) is 7.03. The van der Waals surface area contributed by atoms with Crippen molar-refractivity contribution in [3.05, 3.63) is 29.8 Å². The molecule has 1 aliphatic carbocycles. The molecule has 1 saturated carbocycles. The van der Waals surface area contributed by atoms with Gasteiger partial charge in [0, 0.05) is 5.56 Å². The number of hydrogen-bond donors (Lipinski definition) is 1. The van der Waals surface area contributed by atoms with Gasteiger partial charge in [-0.15, -0.1) is 0 Å². The second-order valence-electron chi connectivity index (χ2n) is 7.03. The van der Waals surface area contributed by atoms with Gasteiger partial charge in [-0.25, -0.2) is 0 Å². The van der Waals surface area contributed by atoms with Gasteiger partial charge >= 0.3 is 0 Å². The summed E-state index contributed by atoms with van der Waals surface area (Å²) < 4.78 is 5.88. The van der Waals surface area contributed by atoms with Crippen LogP contribution in [0.15, 0.2) is 24.3 Å². The van der Waals surface area contributed by atoms with E-state index in [2.05, 4.69) is 20.8 Å². The summed E-state index contributed by atoms with van der Waals surface area (Å²) in [6.45, 7) is 10.6. The lowest BCUT2D eigenvalue weighted by atomic mass is 9.83. The fourth-order valence-electron chi connectivity index (χ4n) is 3.52. The van der Waals surface area contributed by atoms with Gasteiger partial charge in [0.2, 0.25) is 0 Å². The number of hydrogen-bond acceptors (Lipinski definition) is 2. The van der Waals surface area contributed by atoms with E-state index in [1.54, 1.807) is 0 Å². The Morgan fingerprint density at radius 3 is 2.42 bits per heavy atom. The maximum atomic E-state index is 11.2. The molecule has 2 unspecified atom stereocenters. The first-order chi connectivity index (χ1) is 8.74. The van der Waals surface area contributed by atoms with E-state index in [1.165, 1.54) is 0 Å². The van der Waals surface area contributed by atoms with Crippen LogP contribution in [0.4, 0.5) is 0 Å². The van der Waals surface area contributed by atoms with Crippen LogP contribution in [0.3, 0.4) is 0 Å². The summed E-state index contributed by atoms with van der Waals surface area (Å²) in [7, 11) is 0. The maximum Gasteiger partial charge on any atom is 0.125 e. The highest BCUT2D eigenvalue weighted by atomic mass is 16.5. The molecular weight excluding hydrogens is 236 g/mol. The van der Waals surface area contributed by atoms with E-state index in [0.29, 0.717) is 0 Å². The molecule has 0 spiro atoms. The summed E-state index contributed by atoms with van der Waals surface area (Å²) in [5.41, 5.74) is 0.357. The average molecular weight is 262 g/mol. The average Bonchev–Trinajstić information content (AvgIpc) is 2.48. The Balaban J connectivity index is 2.41. The molecule has 0 radical (unpaired) electrons. The molecule has 0 saturated heterocycles. The van der Waals surface area contributed by atoms with Crippen LogP contribution in [0.1, 0.15) is 53.0 Å². The minimum absolute atomic E-state index is 0.120. The van der Waals surface area contributed by atoms with Crippen molar-refractivity contribution in [3.63, 3.8) is 0 Å². The van der Waals surface area contributed by atoms with Crippen LogP contribution >= 0.6 is 0 Å². The highest BCUT2D eigenvalue weighted by Gasteiger charge is 2.49. The number of para-hydroxylation sites is 1. The third kappa shape index (κ3) is 2.79. The Labute approximate surface area is 116 Å². The lowest BCUT2D eigenvalue weighted by molar-refractivity contribution is -0.00399. The lowest BCUT2D eigenvalue weighted by Crippen LogP contribution is -2.30. The summed E-state index contributed by atoms with van der Waals surface area (Å²) >= 11 is 0. The van der Waals surface area contributed by atoms with Gasteiger partial charge in [-0.3, -0.25) is 0 Å². The Morgan fingerprint density at radius 1 is 1.26 bits per heavy atom. The van der Waals surface area contributed by atoms with Gasteiger partial charge in [0.25, 0.3) is 0 Å². The van der Waals surface area contributed by atoms with E-state index in [-0.39, 0.29) is 17.4 Å². The second kappa shape index (κ2) is 4.82. The van der Waals surface area contributed by atoms with Crippen molar-refractivity contribution in [2.45, 2.75) is 59.2 Å². The van der Waals surface area contributed by atoms with Crippen molar-refractivity contribution in [1.82, 2.24) is 0 Å². The zero-order chi connectivity index (χ0) is 14.3. The predicted octanol–water partition coefficient (Wildman–Crippen LogP) is 4.12. The third-order valence-electron chi connectivity index (χ3n) is 4.14. The third-order valence-corrected chi connectivity index (χ3v) is 4.14. The lowest BCUT2D eigenvalue weighted by Gasteiger charge is -2.31. The smallest absolute Gasteiger partial charge is 0.125 e. The van der Waals surface area contributed by atoms with Gasteiger partial charge in [-0.05, 0) is 44.1 Å². The Kier molecular flexibility index (Phi) is 3.65. The van der Waals surface area contributed by atoms with Crippen molar-refractivity contribution in [3.8, 4) is 5.75 Å². The van der Waals surface area contributed by atoms with E-state index in [0.717, 1.165) is 24.2 Å². The summed E-state index contributed by atoms with van der Waals surface area (Å²) in [6, 6.07) is 7.93. The maximum absolute atomic E-state index is 11.2. The number of benzene rings is 1. The summed E-state index contributed by atoms with van der Waals surface area (Å²) in [4.78, 5) is 0. The number of aliphatic hydroxyl groups is 1. The normalized spacial score (nSPS) is 29.7. The molecule has 2 heteroatoms. The first kappa shape index (κ1) is 14.4. The van der Waals surface area contributed by atoms with Crippen LogP contribution < -0.4 is 4.74 Å². The van der Waals surface area contributed by atoms with Crippen LogP contribution in [0.2, 0.25) is 0 Å². The molecule has 1 aliphatic rings. The number of ether oxygens (including phenoxy) is 1. The standard InChI is InChI=1S/C17H26O2/c1-12(2)19-15-9-7-6-8-14(15)17(18)11-16(4,5)10-13(17)3/h6-9,12-13,18H,10-11H2,1-5H3. The van der Waals surface area contributed by atoms with Crippen molar-refractivity contribution < 1.29 is 9.84 Å². The molecule has 1 aromatic rings. The minimum Gasteiger partial charge on any atom is -0.491 e. The molecule has 19 heavy (non-hydrogen) atoms. The Hall–Kier alpha value is -1.02. The molecule has 106 valence electrons. The highest BCUT2D eigenvalue weighted by Crippen LogP contribution is 2.54. The molecule has 2 atom stereocenters. The van der Waals surface area contributed by atoms with Crippen LogP contribution in [0.25, 0.3) is 0 Å². The van der Waals surface area contributed by atoms with Gasteiger partial charge in [0.05, 0.1) is 11.7 Å². The predicted molar refractivity (Wildman–Crippen MR) is 78.3 cm³/mol. The summed E-state index contributed by atoms with van der Waals surface area (Å²) in [5, 5.41) is 11.2. The Bertz CT molecular complexity index is 450. The minimum atomic E-state index is -0.769. The largest absolute Gasteiger partial charge is 0.491 e.